The highest BCUT2D eigenvalue weighted by Gasteiger charge is 2.42. The number of amides is 1. The fourth-order valence-electron chi connectivity index (χ4n) is 1.84. The van der Waals surface area contributed by atoms with Crippen molar-refractivity contribution in [2.24, 2.45) is 0 Å². The Morgan fingerprint density at radius 2 is 2.25 bits per heavy atom. The Kier molecular flexibility index (Phi) is 4.55. The summed E-state index contributed by atoms with van der Waals surface area (Å²) >= 11 is 3.13. The summed E-state index contributed by atoms with van der Waals surface area (Å²) in [6, 6.07) is 1.81. The molecule has 1 fully saturated rings. The zero-order valence-electron chi connectivity index (χ0n) is 11.4. The van der Waals surface area contributed by atoms with E-state index in [2.05, 4.69) is 11.6 Å². The topological polar surface area (TPSA) is 66.4 Å². The number of rotatable bonds is 6. The summed E-state index contributed by atoms with van der Waals surface area (Å²) < 4.78 is 0.244. The van der Waals surface area contributed by atoms with Crippen LogP contribution in [0.3, 0.4) is 0 Å². The maximum atomic E-state index is 12.1. The molecule has 1 amide bonds. The number of thiophene rings is 1. The molecule has 2 rings (SSSR count). The lowest BCUT2D eigenvalue weighted by Gasteiger charge is -2.12. The van der Waals surface area contributed by atoms with Gasteiger partial charge >= 0.3 is 5.97 Å². The molecule has 1 aromatic rings. The molecule has 0 spiro atoms. The van der Waals surface area contributed by atoms with E-state index in [1.165, 1.54) is 17.4 Å². The van der Waals surface area contributed by atoms with E-state index in [1.807, 2.05) is 18.7 Å². The molecule has 6 heteroatoms. The van der Waals surface area contributed by atoms with E-state index in [-0.39, 0.29) is 10.7 Å². The van der Waals surface area contributed by atoms with Crippen LogP contribution in [0.25, 0.3) is 6.08 Å². The molecule has 0 unspecified atom stereocenters. The van der Waals surface area contributed by atoms with E-state index in [0.717, 1.165) is 29.4 Å². The number of thioether (sulfide) groups is 1. The molecule has 1 saturated carbocycles. The highest BCUT2D eigenvalue weighted by molar-refractivity contribution is 8.00. The summed E-state index contributed by atoms with van der Waals surface area (Å²) in [6.45, 7) is 2.57. The van der Waals surface area contributed by atoms with Crippen molar-refractivity contribution in [2.75, 3.05) is 12.8 Å². The fourth-order valence-corrected chi connectivity index (χ4v) is 3.56. The third-order valence-corrected chi connectivity index (χ3v) is 5.99. The Balaban J connectivity index is 2.00. The zero-order chi connectivity index (χ0) is 14.8. The number of aliphatic carboxylic acids is 1. The minimum Gasteiger partial charge on any atom is -0.478 e. The second kappa shape index (κ2) is 6.01. The first-order valence-corrected chi connectivity index (χ1v) is 8.35. The first-order valence-electron chi connectivity index (χ1n) is 6.30. The normalized spacial score (nSPS) is 16.3. The van der Waals surface area contributed by atoms with E-state index in [9.17, 15) is 9.59 Å². The van der Waals surface area contributed by atoms with E-state index in [4.69, 9.17) is 5.11 Å². The van der Waals surface area contributed by atoms with Crippen molar-refractivity contribution in [2.45, 2.75) is 24.5 Å². The molecule has 0 aliphatic heterocycles. The Bertz CT molecular complexity index is 559. The lowest BCUT2D eigenvalue weighted by atomic mass is 10.2. The first kappa shape index (κ1) is 15.1. The van der Waals surface area contributed by atoms with Crippen LogP contribution in [0.5, 0.6) is 0 Å². The molecular weight excluding hydrogens is 294 g/mol. The van der Waals surface area contributed by atoms with Crippen LogP contribution in [0, 0.1) is 6.92 Å². The van der Waals surface area contributed by atoms with E-state index >= 15 is 0 Å². The zero-order valence-corrected chi connectivity index (χ0v) is 13.1. The van der Waals surface area contributed by atoms with Gasteiger partial charge in [0.05, 0.1) is 4.88 Å². The molecule has 108 valence electrons. The minimum absolute atomic E-state index is 0.0756. The van der Waals surface area contributed by atoms with Crippen LogP contribution in [0.15, 0.2) is 12.1 Å². The molecule has 0 aromatic carbocycles. The van der Waals surface area contributed by atoms with Gasteiger partial charge < -0.3 is 10.4 Å². The second-order valence-corrected chi connectivity index (χ2v) is 7.26. The van der Waals surface area contributed by atoms with Crippen LogP contribution < -0.4 is 5.32 Å². The van der Waals surface area contributed by atoms with E-state index in [0.29, 0.717) is 11.4 Å². The predicted octanol–water partition coefficient (Wildman–Crippen LogP) is 2.78. The first-order chi connectivity index (χ1) is 9.46. The van der Waals surface area contributed by atoms with Gasteiger partial charge in [0.25, 0.3) is 5.91 Å². The lowest BCUT2D eigenvalue weighted by Crippen LogP contribution is -2.31. The van der Waals surface area contributed by atoms with Crippen molar-refractivity contribution < 1.29 is 14.7 Å². The second-order valence-electron chi connectivity index (χ2n) is 4.90. The fraction of sp³-hybridized carbons (Fsp3) is 0.429. The Labute approximate surface area is 126 Å². The van der Waals surface area contributed by atoms with Crippen molar-refractivity contribution in [1.82, 2.24) is 5.32 Å². The van der Waals surface area contributed by atoms with Gasteiger partial charge in [0.2, 0.25) is 0 Å². The number of hydrogen-bond donors (Lipinski definition) is 2. The number of hydrogen-bond acceptors (Lipinski definition) is 4. The van der Waals surface area contributed by atoms with Crippen LogP contribution in [0.4, 0.5) is 0 Å². The summed E-state index contributed by atoms with van der Waals surface area (Å²) in [5.41, 5.74) is 0.920. The van der Waals surface area contributed by atoms with Crippen LogP contribution in [-0.2, 0) is 4.79 Å². The largest absolute Gasteiger partial charge is 0.478 e. The van der Waals surface area contributed by atoms with E-state index < -0.39 is 5.97 Å². The number of nitrogens with one attached hydrogen (secondary N) is 1. The number of carboxylic acid groups (broad SMARTS) is 1. The van der Waals surface area contributed by atoms with Gasteiger partial charge in [-0.1, -0.05) is 0 Å². The number of carboxylic acids is 1. The maximum Gasteiger partial charge on any atom is 0.328 e. The summed E-state index contributed by atoms with van der Waals surface area (Å²) in [5.74, 6) is -1.06. The summed E-state index contributed by atoms with van der Waals surface area (Å²) in [6.07, 6.45) is 7.01. The molecule has 0 bridgehead atoms. The van der Waals surface area contributed by atoms with Gasteiger partial charge in [0.15, 0.2) is 0 Å². The highest BCUT2D eigenvalue weighted by atomic mass is 32.2. The van der Waals surface area contributed by atoms with Crippen LogP contribution >= 0.6 is 23.1 Å². The van der Waals surface area contributed by atoms with Gasteiger partial charge in [-0.2, -0.15) is 11.8 Å². The van der Waals surface area contributed by atoms with E-state index in [1.54, 1.807) is 6.07 Å². The average Bonchev–Trinajstić information content (AvgIpc) is 3.10. The number of carbonyl (C=O) groups is 2. The van der Waals surface area contributed by atoms with Gasteiger partial charge in [0, 0.05) is 22.2 Å². The molecule has 1 aromatic heterocycles. The third kappa shape index (κ3) is 3.64. The van der Waals surface area contributed by atoms with Crippen molar-refractivity contribution in [3.63, 3.8) is 0 Å². The summed E-state index contributed by atoms with van der Waals surface area (Å²) in [7, 11) is 0. The standard InChI is InChI=1S/C14H17NO3S2/c1-9-7-11(20-10(9)3-4-12(16)17)13(18)15-8-14(19-2)5-6-14/h3-4,7H,5-6,8H2,1-2H3,(H,15,18)(H,16,17)/b4-3+. The molecule has 1 heterocycles. The van der Waals surface area contributed by atoms with Crippen molar-refractivity contribution in [3.8, 4) is 0 Å². The Hall–Kier alpha value is -1.27. The molecule has 1 aliphatic carbocycles. The van der Waals surface area contributed by atoms with Gasteiger partial charge in [-0.3, -0.25) is 4.79 Å². The van der Waals surface area contributed by atoms with Crippen LogP contribution in [0.1, 0.15) is 33.0 Å². The summed E-state index contributed by atoms with van der Waals surface area (Å²) in [4.78, 5) is 24.0. The summed E-state index contributed by atoms with van der Waals surface area (Å²) in [5, 5.41) is 11.6. The number of aryl methyl sites for hydroxylation is 1. The molecule has 1 aliphatic rings. The van der Waals surface area contributed by atoms with Crippen LogP contribution in [-0.4, -0.2) is 34.5 Å². The Morgan fingerprint density at radius 3 is 2.80 bits per heavy atom. The molecule has 2 N–H and O–H groups in total. The lowest BCUT2D eigenvalue weighted by molar-refractivity contribution is -0.131. The quantitative estimate of drug-likeness (QED) is 0.793. The van der Waals surface area contributed by atoms with Crippen LogP contribution in [0.2, 0.25) is 0 Å². The average molecular weight is 311 g/mol. The molecule has 20 heavy (non-hydrogen) atoms. The minimum atomic E-state index is -0.987. The molecule has 4 nitrogen and oxygen atoms in total. The maximum absolute atomic E-state index is 12.1. The molecule has 0 saturated heterocycles. The SMILES string of the molecule is CSC1(CNC(=O)c2cc(C)c(/C=C/C(=O)O)s2)CC1. The highest BCUT2D eigenvalue weighted by Crippen LogP contribution is 2.46. The van der Waals surface area contributed by atoms with Crippen molar-refractivity contribution in [1.29, 1.82) is 0 Å². The van der Waals surface area contributed by atoms with Gasteiger partial charge in [-0.25, -0.2) is 4.79 Å². The predicted molar refractivity (Wildman–Crippen MR) is 83.5 cm³/mol. The monoisotopic (exact) mass is 311 g/mol. The van der Waals surface area contributed by atoms with Gasteiger partial charge in [0.1, 0.15) is 0 Å². The molecular formula is C14H17NO3S2. The van der Waals surface area contributed by atoms with Crippen molar-refractivity contribution >= 4 is 41.1 Å². The third-order valence-electron chi connectivity index (χ3n) is 3.37. The number of carbonyl (C=O) groups excluding carboxylic acids is 1. The van der Waals surface area contributed by atoms with Gasteiger partial charge in [-0.15, -0.1) is 11.3 Å². The smallest absolute Gasteiger partial charge is 0.328 e. The Morgan fingerprint density at radius 1 is 1.55 bits per heavy atom. The van der Waals surface area contributed by atoms with Crippen molar-refractivity contribution in [3.05, 3.63) is 27.5 Å². The molecule has 0 radical (unpaired) electrons. The molecule has 0 atom stereocenters. The van der Waals surface area contributed by atoms with Gasteiger partial charge in [-0.05, 0) is 43.7 Å².